The summed E-state index contributed by atoms with van der Waals surface area (Å²) >= 11 is 1.25. The second-order valence-electron chi connectivity index (χ2n) is 7.35. The fraction of sp³-hybridized carbons (Fsp3) is 0. The van der Waals surface area contributed by atoms with Gasteiger partial charge in [-0.25, -0.2) is 14.6 Å². The molecule has 0 saturated carbocycles. The number of phenols is 1. The van der Waals surface area contributed by atoms with Crippen molar-refractivity contribution < 1.29 is 13.9 Å². The average molecular weight is 439 g/mol. The average Bonchev–Trinajstić information content (AvgIpc) is 3.27. The molecule has 154 valence electrons. The smallest absolute Gasteiger partial charge is 0.346 e. The zero-order valence-corrected chi connectivity index (χ0v) is 17.2. The summed E-state index contributed by atoms with van der Waals surface area (Å²) in [6, 6.07) is 19.6. The van der Waals surface area contributed by atoms with Crippen molar-refractivity contribution in [3.05, 3.63) is 93.0 Å². The van der Waals surface area contributed by atoms with Gasteiger partial charge in [-0.2, -0.15) is 0 Å². The fourth-order valence-corrected chi connectivity index (χ4v) is 4.64. The summed E-state index contributed by atoms with van der Waals surface area (Å²) in [6.45, 7) is 0. The van der Waals surface area contributed by atoms with Gasteiger partial charge in [-0.1, -0.05) is 30.3 Å². The number of benzene rings is 3. The number of phenolic OH excluding ortho intramolecular Hbond substituents is 1. The van der Waals surface area contributed by atoms with E-state index in [1.807, 2.05) is 30.3 Å². The maximum absolute atomic E-state index is 12.7. The number of rotatable bonds is 2. The van der Waals surface area contributed by atoms with Crippen LogP contribution in [0, 0.1) is 0 Å². The van der Waals surface area contributed by atoms with Gasteiger partial charge in [0.05, 0.1) is 16.8 Å². The molecule has 0 fully saturated rings. The number of aromatic hydroxyl groups is 1. The molecular formula is C25H13NO5S. The molecule has 0 amide bonds. The Hall–Kier alpha value is -4.23. The van der Waals surface area contributed by atoms with Crippen LogP contribution < -0.4 is 11.3 Å². The predicted octanol–water partition coefficient (Wildman–Crippen LogP) is 5.55. The molecular weight excluding hydrogens is 426 g/mol. The van der Waals surface area contributed by atoms with Gasteiger partial charge in [0, 0.05) is 22.2 Å². The molecule has 1 N–H and O–H groups in total. The molecule has 0 bridgehead atoms. The first-order valence-electron chi connectivity index (χ1n) is 9.75. The van der Waals surface area contributed by atoms with Crippen molar-refractivity contribution >= 4 is 44.0 Å². The van der Waals surface area contributed by atoms with Gasteiger partial charge in [-0.15, -0.1) is 11.3 Å². The molecule has 3 heterocycles. The monoisotopic (exact) mass is 439 g/mol. The molecule has 0 atom stereocenters. The van der Waals surface area contributed by atoms with Gasteiger partial charge in [-0.05, 0) is 41.1 Å². The molecule has 0 aliphatic rings. The zero-order valence-electron chi connectivity index (χ0n) is 16.4. The van der Waals surface area contributed by atoms with Crippen LogP contribution in [0.5, 0.6) is 5.75 Å². The second kappa shape index (κ2) is 6.90. The first-order chi connectivity index (χ1) is 15.6. The van der Waals surface area contributed by atoms with E-state index in [0.717, 1.165) is 16.2 Å². The van der Waals surface area contributed by atoms with E-state index >= 15 is 0 Å². The van der Waals surface area contributed by atoms with Crippen molar-refractivity contribution in [2.24, 2.45) is 0 Å². The van der Waals surface area contributed by atoms with Crippen molar-refractivity contribution in [2.45, 2.75) is 0 Å². The Morgan fingerprint density at radius 3 is 2.44 bits per heavy atom. The first-order valence-corrected chi connectivity index (χ1v) is 10.6. The van der Waals surface area contributed by atoms with E-state index in [-0.39, 0.29) is 16.9 Å². The maximum Gasteiger partial charge on any atom is 0.346 e. The topological polar surface area (TPSA) is 93.5 Å². The Morgan fingerprint density at radius 2 is 1.53 bits per heavy atom. The third kappa shape index (κ3) is 2.91. The standard InChI is InChI=1S/C25H13NO5S/c27-15-7-5-14-9-18(24(28)31-22(14)10-15)20-12-32-23(26-20)19-11-17-16-4-2-1-3-13(16)6-8-21(17)30-25(19)29/h1-12,27H. The Balaban J connectivity index is 1.52. The minimum absolute atomic E-state index is 0.0138. The fourth-order valence-electron chi connectivity index (χ4n) is 3.82. The van der Waals surface area contributed by atoms with Crippen LogP contribution in [-0.2, 0) is 0 Å². The molecule has 6 nitrogen and oxygen atoms in total. The highest BCUT2D eigenvalue weighted by atomic mass is 32.1. The Labute approximate surface area is 183 Å². The van der Waals surface area contributed by atoms with E-state index in [2.05, 4.69) is 4.98 Å². The van der Waals surface area contributed by atoms with E-state index in [1.54, 1.807) is 29.6 Å². The number of hydrogen-bond donors (Lipinski definition) is 1. The molecule has 0 spiro atoms. The summed E-state index contributed by atoms with van der Waals surface area (Å²) in [4.78, 5) is 29.7. The lowest BCUT2D eigenvalue weighted by atomic mass is 10.0. The van der Waals surface area contributed by atoms with Crippen LogP contribution in [-0.4, -0.2) is 10.1 Å². The van der Waals surface area contributed by atoms with Gasteiger partial charge in [0.1, 0.15) is 21.9 Å². The number of fused-ring (bicyclic) bond motifs is 4. The molecule has 6 aromatic rings. The highest BCUT2D eigenvalue weighted by Gasteiger charge is 2.16. The van der Waals surface area contributed by atoms with Crippen molar-refractivity contribution in [1.82, 2.24) is 4.98 Å². The summed E-state index contributed by atoms with van der Waals surface area (Å²) in [5.41, 5.74) is 0.753. The molecule has 0 unspecified atom stereocenters. The predicted molar refractivity (Wildman–Crippen MR) is 124 cm³/mol. The highest BCUT2D eigenvalue weighted by Crippen LogP contribution is 2.31. The molecule has 3 aromatic heterocycles. The number of nitrogens with zero attached hydrogens (tertiary/aromatic N) is 1. The van der Waals surface area contributed by atoms with Gasteiger partial charge >= 0.3 is 11.3 Å². The zero-order chi connectivity index (χ0) is 21.8. The SMILES string of the molecule is O=c1oc2cc(O)ccc2cc1-c1csc(-c2cc3c(ccc4ccccc43)oc2=O)n1. The van der Waals surface area contributed by atoms with Crippen molar-refractivity contribution in [3.63, 3.8) is 0 Å². The Morgan fingerprint density at radius 1 is 0.750 bits per heavy atom. The highest BCUT2D eigenvalue weighted by molar-refractivity contribution is 7.13. The van der Waals surface area contributed by atoms with Gasteiger partial charge in [0.25, 0.3) is 0 Å². The van der Waals surface area contributed by atoms with Gasteiger partial charge in [0.15, 0.2) is 0 Å². The summed E-state index contributed by atoms with van der Waals surface area (Å²) < 4.78 is 10.9. The molecule has 0 saturated heterocycles. The molecule has 0 aliphatic carbocycles. The summed E-state index contributed by atoms with van der Waals surface area (Å²) in [5.74, 6) is 0.0138. The number of aromatic nitrogens is 1. The van der Waals surface area contributed by atoms with E-state index in [4.69, 9.17) is 8.83 Å². The third-order valence-corrected chi connectivity index (χ3v) is 6.25. The van der Waals surface area contributed by atoms with Crippen LogP contribution in [0.2, 0.25) is 0 Å². The molecule has 32 heavy (non-hydrogen) atoms. The number of thiazole rings is 1. The largest absolute Gasteiger partial charge is 0.508 e. The minimum Gasteiger partial charge on any atom is -0.508 e. The molecule has 0 aliphatic heterocycles. The normalized spacial score (nSPS) is 11.5. The first kappa shape index (κ1) is 18.5. The van der Waals surface area contributed by atoms with Crippen molar-refractivity contribution in [2.75, 3.05) is 0 Å². The van der Waals surface area contributed by atoms with Gasteiger partial charge in [-0.3, -0.25) is 0 Å². The van der Waals surface area contributed by atoms with E-state index in [9.17, 15) is 14.7 Å². The van der Waals surface area contributed by atoms with Crippen LogP contribution in [0.15, 0.2) is 90.5 Å². The van der Waals surface area contributed by atoms with E-state index in [0.29, 0.717) is 27.2 Å². The molecule has 3 aromatic carbocycles. The van der Waals surface area contributed by atoms with Gasteiger partial charge in [0.2, 0.25) is 0 Å². The van der Waals surface area contributed by atoms with Crippen LogP contribution in [0.4, 0.5) is 0 Å². The summed E-state index contributed by atoms with van der Waals surface area (Å²) in [6.07, 6.45) is 0. The third-order valence-electron chi connectivity index (χ3n) is 5.37. The summed E-state index contributed by atoms with van der Waals surface area (Å²) in [5, 5.41) is 15.2. The van der Waals surface area contributed by atoms with Crippen LogP contribution in [0.3, 0.4) is 0 Å². The van der Waals surface area contributed by atoms with Crippen LogP contribution in [0.25, 0.3) is 54.5 Å². The lowest BCUT2D eigenvalue weighted by Gasteiger charge is -2.04. The molecule has 0 radical (unpaired) electrons. The second-order valence-corrected chi connectivity index (χ2v) is 8.21. The lowest BCUT2D eigenvalue weighted by Crippen LogP contribution is -2.04. The van der Waals surface area contributed by atoms with Crippen LogP contribution >= 0.6 is 11.3 Å². The molecule has 7 heteroatoms. The Kier molecular flexibility index (Phi) is 3.99. The molecule has 6 rings (SSSR count). The quantitative estimate of drug-likeness (QED) is 0.281. The maximum atomic E-state index is 12.7. The summed E-state index contributed by atoms with van der Waals surface area (Å²) in [7, 11) is 0. The van der Waals surface area contributed by atoms with Crippen molar-refractivity contribution in [1.29, 1.82) is 0 Å². The minimum atomic E-state index is -0.573. The Bertz CT molecular complexity index is 1790. The number of hydrogen-bond acceptors (Lipinski definition) is 7. The van der Waals surface area contributed by atoms with E-state index < -0.39 is 11.3 Å². The van der Waals surface area contributed by atoms with Crippen molar-refractivity contribution in [3.8, 4) is 27.6 Å². The van der Waals surface area contributed by atoms with Gasteiger partial charge < -0.3 is 13.9 Å². The lowest BCUT2D eigenvalue weighted by molar-refractivity contribution is 0.473. The van der Waals surface area contributed by atoms with Crippen LogP contribution in [0.1, 0.15) is 0 Å². The van der Waals surface area contributed by atoms with E-state index in [1.165, 1.54) is 23.5 Å².